The standard InChI is InChI=1S/C12H25NO2S/c1-12(2)4-9-16-10-11(12)13-5-6-15-8-7-14-3/h11,13H,4-10H2,1-3H3. The van der Waals surface area contributed by atoms with Crippen LogP contribution in [-0.2, 0) is 9.47 Å². The van der Waals surface area contributed by atoms with Crippen molar-refractivity contribution in [2.45, 2.75) is 26.3 Å². The highest BCUT2D eigenvalue weighted by Gasteiger charge is 2.31. The molecule has 1 heterocycles. The summed E-state index contributed by atoms with van der Waals surface area (Å²) in [5.74, 6) is 2.53. The smallest absolute Gasteiger partial charge is 0.0700 e. The van der Waals surface area contributed by atoms with Gasteiger partial charge in [-0.25, -0.2) is 0 Å². The van der Waals surface area contributed by atoms with Gasteiger partial charge in [0.25, 0.3) is 0 Å². The van der Waals surface area contributed by atoms with Gasteiger partial charge in [0, 0.05) is 25.4 Å². The Morgan fingerprint density at radius 2 is 2.12 bits per heavy atom. The molecule has 0 spiro atoms. The number of hydrogen-bond donors (Lipinski definition) is 1. The largest absolute Gasteiger partial charge is 0.382 e. The van der Waals surface area contributed by atoms with Crippen LogP contribution in [0.5, 0.6) is 0 Å². The molecule has 3 nitrogen and oxygen atoms in total. The Labute approximate surface area is 104 Å². The molecule has 0 aromatic carbocycles. The van der Waals surface area contributed by atoms with Crippen molar-refractivity contribution in [2.75, 3.05) is 45.0 Å². The molecule has 1 unspecified atom stereocenters. The zero-order chi connectivity index (χ0) is 11.9. The average molecular weight is 247 g/mol. The van der Waals surface area contributed by atoms with Crippen molar-refractivity contribution >= 4 is 11.8 Å². The van der Waals surface area contributed by atoms with Crippen LogP contribution in [0.15, 0.2) is 0 Å². The minimum absolute atomic E-state index is 0.428. The molecule has 0 bridgehead atoms. The van der Waals surface area contributed by atoms with Crippen LogP contribution in [0.1, 0.15) is 20.3 Å². The van der Waals surface area contributed by atoms with Gasteiger partial charge in [-0.1, -0.05) is 13.8 Å². The van der Waals surface area contributed by atoms with E-state index in [-0.39, 0.29) is 0 Å². The first-order valence-electron chi connectivity index (χ1n) is 6.04. The van der Waals surface area contributed by atoms with Gasteiger partial charge in [-0.3, -0.25) is 0 Å². The molecule has 0 aromatic rings. The maximum absolute atomic E-state index is 5.44. The van der Waals surface area contributed by atoms with Crippen molar-refractivity contribution < 1.29 is 9.47 Å². The van der Waals surface area contributed by atoms with Crippen molar-refractivity contribution in [3.63, 3.8) is 0 Å². The summed E-state index contributed by atoms with van der Waals surface area (Å²) < 4.78 is 10.4. The second-order valence-corrected chi connectivity index (χ2v) is 6.08. The average Bonchev–Trinajstić information content (AvgIpc) is 2.25. The summed E-state index contributed by atoms with van der Waals surface area (Å²) in [5, 5.41) is 3.60. The third-order valence-electron chi connectivity index (χ3n) is 3.19. The molecule has 1 rings (SSSR count). The lowest BCUT2D eigenvalue weighted by atomic mass is 9.82. The van der Waals surface area contributed by atoms with Crippen LogP contribution in [0.25, 0.3) is 0 Å². The summed E-state index contributed by atoms with van der Waals surface area (Å²) in [6.07, 6.45) is 1.31. The van der Waals surface area contributed by atoms with Crippen LogP contribution in [0.3, 0.4) is 0 Å². The predicted octanol–water partition coefficient (Wildman–Crippen LogP) is 1.77. The van der Waals surface area contributed by atoms with Gasteiger partial charge in [0.05, 0.1) is 19.8 Å². The molecule has 1 saturated heterocycles. The van der Waals surface area contributed by atoms with E-state index in [0.29, 0.717) is 24.7 Å². The van der Waals surface area contributed by atoms with Gasteiger partial charge in [0.1, 0.15) is 0 Å². The Morgan fingerprint density at radius 3 is 2.81 bits per heavy atom. The monoisotopic (exact) mass is 247 g/mol. The Morgan fingerprint density at radius 1 is 1.31 bits per heavy atom. The zero-order valence-corrected chi connectivity index (χ0v) is 11.6. The van der Waals surface area contributed by atoms with E-state index in [9.17, 15) is 0 Å². The summed E-state index contributed by atoms with van der Waals surface area (Å²) in [4.78, 5) is 0. The van der Waals surface area contributed by atoms with Crippen LogP contribution < -0.4 is 5.32 Å². The molecule has 1 aliphatic rings. The van der Waals surface area contributed by atoms with E-state index in [4.69, 9.17) is 9.47 Å². The highest BCUT2D eigenvalue weighted by molar-refractivity contribution is 7.99. The summed E-state index contributed by atoms with van der Waals surface area (Å²) in [5.41, 5.74) is 0.428. The number of methoxy groups -OCH3 is 1. The molecule has 1 atom stereocenters. The molecule has 0 radical (unpaired) electrons. The number of hydrogen-bond acceptors (Lipinski definition) is 4. The van der Waals surface area contributed by atoms with Crippen molar-refractivity contribution in [3.8, 4) is 0 Å². The third-order valence-corrected chi connectivity index (χ3v) is 4.25. The van der Waals surface area contributed by atoms with Gasteiger partial charge < -0.3 is 14.8 Å². The SMILES string of the molecule is COCCOCCNC1CSCCC1(C)C. The number of thioether (sulfide) groups is 1. The van der Waals surface area contributed by atoms with E-state index in [1.165, 1.54) is 17.9 Å². The van der Waals surface area contributed by atoms with Crippen molar-refractivity contribution in [3.05, 3.63) is 0 Å². The zero-order valence-electron chi connectivity index (χ0n) is 10.8. The van der Waals surface area contributed by atoms with Crippen LogP contribution in [0.4, 0.5) is 0 Å². The van der Waals surface area contributed by atoms with E-state index in [0.717, 1.165) is 13.2 Å². The lowest BCUT2D eigenvalue weighted by Crippen LogP contribution is -2.47. The molecule has 1 fully saturated rings. The normalized spacial score (nSPS) is 24.6. The van der Waals surface area contributed by atoms with Gasteiger partial charge >= 0.3 is 0 Å². The fourth-order valence-corrected chi connectivity index (χ4v) is 3.46. The Hall–Kier alpha value is 0.230. The first-order valence-corrected chi connectivity index (χ1v) is 7.20. The van der Waals surface area contributed by atoms with Crippen LogP contribution in [0.2, 0.25) is 0 Å². The van der Waals surface area contributed by atoms with E-state index >= 15 is 0 Å². The highest BCUT2D eigenvalue weighted by Crippen LogP contribution is 2.33. The second-order valence-electron chi connectivity index (χ2n) is 4.93. The maximum Gasteiger partial charge on any atom is 0.0700 e. The molecule has 16 heavy (non-hydrogen) atoms. The van der Waals surface area contributed by atoms with E-state index in [1.807, 2.05) is 0 Å². The van der Waals surface area contributed by atoms with Gasteiger partial charge in [-0.15, -0.1) is 0 Å². The van der Waals surface area contributed by atoms with Crippen molar-refractivity contribution in [2.24, 2.45) is 5.41 Å². The molecule has 1 aliphatic heterocycles. The number of rotatable bonds is 7. The highest BCUT2D eigenvalue weighted by atomic mass is 32.2. The first kappa shape index (κ1) is 14.3. The minimum atomic E-state index is 0.428. The van der Waals surface area contributed by atoms with E-state index in [1.54, 1.807) is 7.11 Å². The van der Waals surface area contributed by atoms with Crippen molar-refractivity contribution in [1.82, 2.24) is 5.32 Å². The maximum atomic E-state index is 5.44. The predicted molar refractivity (Wildman–Crippen MR) is 70.2 cm³/mol. The Kier molecular flexibility index (Phi) is 6.73. The number of nitrogens with one attached hydrogen (secondary N) is 1. The lowest BCUT2D eigenvalue weighted by Gasteiger charge is -2.38. The molecule has 0 aromatic heterocycles. The first-order chi connectivity index (χ1) is 7.67. The van der Waals surface area contributed by atoms with Crippen molar-refractivity contribution in [1.29, 1.82) is 0 Å². The van der Waals surface area contributed by atoms with Gasteiger partial charge in [-0.05, 0) is 17.6 Å². The fourth-order valence-electron chi connectivity index (χ4n) is 1.82. The van der Waals surface area contributed by atoms with E-state index in [2.05, 4.69) is 30.9 Å². The van der Waals surface area contributed by atoms with Crippen LogP contribution in [-0.4, -0.2) is 51.0 Å². The quantitative estimate of drug-likeness (QED) is 0.695. The Bertz CT molecular complexity index is 188. The molecule has 1 N–H and O–H groups in total. The van der Waals surface area contributed by atoms with Gasteiger partial charge in [0.2, 0.25) is 0 Å². The fraction of sp³-hybridized carbons (Fsp3) is 1.00. The molecule has 4 heteroatoms. The minimum Gasteiger partial charge on any atom is -0.382 e. The molecular weight excluding hydrogens is 222 g/mol. The number of ether oxygens (including phenoxy) is 2. The molecule has 0 aliphatic carbocycles. The van der Waals surface area contributed by atoms with E-state index < -0.39 is 0 Å². The summed E-state index contributed by atoms with van der Waals surface area (Å²) in [6.45, 7) is 7.82. The topological polar surface area (TPSA) is 30.5 Å². The summed E-state index contributed by atoms with van der Waals surface area (Å²) in [6, 6.07) is 0.622. The summed E-state index contributed by atoms with van der Waals surface area (Å²) in [7, 11) is 1.70. The molecule has 96 valence electrons. The van der Waals surface area contributed by atoms with Crippen LogP contribution >= 0.6 is 11.8 Å². The second kappa shape index (κ2) is 7.54. The third kappa shape index (κ3) is 5.04. The summed E-state index contributed by atoms with van der Waals surface area (Å²) >= 11 is 2.05. The molecule has 0 amide bonds. The molecular formula is C12H25NO2S. The molecule has 0 saturated carbocycles. The van der Waals surface area contributed by atoms with Crippen LogP contribution in [0, 0.1) is 5.41 Å². The lowest BCUT2D eigenvalue weighted by molar-refractivity contribution is 0.0691. The van der Waals surface area contributed by atoms with Gasteiger partial charge in [-0.2, -0.15) is 11.8 Å². The van der Waals surface area contributed by atoms with Gasteiger partial charge in [0.15, 0.2) is 0 Å². The Balaban J connectivity index is 2.07.